The maximum atomic E-state index is 12.8. The zero-order valence-electron chi connectivity index (χ0n) is 13.0. The molecule has 3 nitrogen and oxygen atoms in total. The number of hydrogen-bond acceptors (Lipinski definition) is 3. The molecule has 0 radical (unpaired) electrons. The van der Waals surface area contributed by atoms with Gasteiger partial charge in [0.25, 0.3) is 0 Å². The fourth-order valence-corrected chi connectivity index (χ4v) is 3.14. The highest BCUT2D eigenvalue weighted by atomic mass is 19.4. The van der Waals surface area contributed by atoms with E-state index in [1.807, 2.05) is 13.0 Å². The Morgan fingerprint density at radius 1 is 1.26 bits per heavy atom. The number of morpholine rings is 1. The van der Waals surface area contributed by atoms with Gasteiger partial charge in [0, 0.05) is 19.6 Å². The van der Waals surface area contributed by atoms with Gasteiger partial charge in [-0.05, 0) is 24.6 Å². The van der Waals surface area contributed by atoms with Crippen LogP contribution in [0, 0.1) is 0 Å². The van der Waals surface area contributed by atoms with E-state index in [1.165, 1.54) is 12.1 Å². The van der Waals surface area contributed by atoms with Crippen molar-refractivity contribution in [1.82, 2.24) is 4.90 Å². The lowest BCUT2D eigenvalue weighted by Gasteiger charge is -2.41. The first-order valence-corrected chi connectivity index (χ1v) is 7.70. The van der Waals surface area contributed by atoms with Crippen molar-refractivity contribution < 1.29 is 22.6 Å². The highest BCUT2D eigenvalue weighted by molar-refractivity contribution is 5.54. The van der Waals surface area contributed by atoms with Crippen LogP contribution in [0.4, 0.5) is 13.2 Å². The summed E-state index contributed by atoms with van der Waals surface area (Å²) >= 11 is 0. The zero-order chi connectivity index (χ0) is 16.4. The van der Waals surface area contributed by atoms with Gasteiger partial charge in [-0.25, -0.2) is 0 Å². The molecule has 2 saturated heterocycles. The monoisotopic (exact) mass is 327 g/mol. The van der Waals surface area contributed by atoms with E-state index in [4.69, 9.17) is 9.47 Å². The fourth-order valence-electron chi connectivity index (χ4n) is 3.14. The number of rotatable bonds is 3. The summed E-state index contributed by atoms with van der Waals surface area (Å²) in [6.07, 6.45) is -2.29. The predicted octanol–water partition coefficient (Wildman–Crippen LogP) is 3.21. The minimum absolute atomic E-state index is 0.101. The second-order valence-electron chi connectivity index (χ2n) is 6.23. The number of fused-ring (bicyclic) bond motifs is 2. The maximum absolute atomic E-state index is 12.8. The van der Waals surface area contributed by atoms with E-state index in [0.29, 0.717) is 18.8 Å². The van der Waals surface area contributed by atoms with Gasteiger partial charge in [0.05, 0.1) is 31.0 Å². The van der Waals surface area contributed by atoms with Crippen LogP contribution in [0.2, 0.25) is 0 Å². The van der Waals surface area contributed by atoms with Gasteiger partial charge in [0.1, 0.15) is 0 Å². The smallest absolute Gasteiger partial charge is 0.376 e. The molecule has 2 fully saturated rings. The van der Waals surface area contributed by atoms with Gasteiger partial charge in [0.15, 0.2) is 0 Å². The van der Waals surface area contributed by atoms with Crippen molar-refractivity contribution in [3.63, 3.8) is 0 Å². The molecule has 0 aliphatic carbocycles. The highest BCUT2D eigenvalue weighted by Gasteiger charge is 2.32. The summed E-state index contributed by atoms with van der Waals surface area (Å²) in [5.41, 5.74) is 0.997. The highest BCUT2D eigenvalue weighted by Crippen LogP contribution is 2.30. The van der Waals surface area contributed by atoms with Crippen molar-refractivity contribution in [2.24, 2.45) is 0 Å². The molecule has 2 aliphatic rings. The Labute approximate surface area is 133 Å². The quantitative estimate of drug-likeness (QED) is 0.851. The van der Waals surface area contributed by atoms with Gasteiger partial charge < -0.3 is 9.47 Å². The minimum atomic E-state index is -4.31. The number of hydrogen-bond donors (Lipinski definition) is 0. The normalized spacial score (nSPS) is 26.3. The Bertz CT molecular complexity index is 573. The van der Waals surface area contributed by atoms with E-state index < -0.39 is 11.7 Å². The van der Waals surface area contributed by atoms with E-state index in [9.17, 15) is 13.2 Å². The van der Waals surface area contributed by atoms with E-state index in [0.717, 1.165) is 31.3 Å². The van der Waals surface area contributed by atoms with Crippen molar-refractivity contribution in [3.05, 3.63) is 41.0 Å². The minimum Gasteiger partial charge on any atom is -0.376 e. The lowest BCUT2D eigenvalue weighted by molar-refractivity contribution is -0.177. The predicted molar refractivity (Wildman–Crippen MR) is 81.0 cm³/mol. The first-order chi connectivity index (χ1) is 10.9. The number of benzene rings is 1. The van der Waals surface area contributed by atoms with Gasteiger partial charge in [-0.3, -0.25) is 4.90 Å². The second-order valence-corrected chi connectivity index (χ2v) is 6.23. The molecule has 0 amide bonds. The second kappa shape index (κ2) is 6.63. The summed E-state index contributed by atoms with van der Waals surface area (Å²) in [6, 6.07) is 5.42. The molecule has 2 aliphatic heterocycles. The van der Waals surface area contributed by atoms with Crippen LogP contribution in [0.3, 0.4) is 0 Å². The number of ether oxygens (including phenoxy) is 2. The van der Waals surface area contributed by atoms with Gasteiger partial charge >= 0.3 is 6.18 Å². The van der Waals surface area contributed by atoms with Crippen LogP contribution >= 0.6 is 0 Å². The molecule has 2 bridgehead atoms. The third-order valence-corrected chi connectivity index (χ3v) is 4.02. The molecular weight excluding hydrogens is 307 g/mol. The molecular formula is C17H20F3NO2. The van der Waals surface area contributed by atoms with Crippen LogP contribution < -0.4 is 0 Å². The number of alkyl halides is 3. The van der Waals surface area contributed by atoms with Crippen molar-refractivity contribution >= 4 is 6.08 Å². The average molecular weight is 327 g/mol. The van der Waals surface area contributed by atoms with Crippen molar-refractivity contribution in [1.29, 1.82) is 0 Å². The van der Waals surface area contributed by atoms with Crippen LogP contribution in [-0.4, -0.2) is 50.0 Å². The topological polar surface area (TPSA) is 21.7 Å². The Kier molecular flexibility index (Phi) is 4.75. The van der Waals surface area contributed by atoms with Gasteiger partial charge in [-0.2, -0.15) is 13.2 Å². The van der Waals surface area contributed by atoms with Gasteiger partial charge in [-0.15, -0.1) is 0 Å². The van der Waals surface area contributed by atoms with Gasteiger partial charge in [-0.1, -0.05) is 23.8 Å². The molecule has 2 unspecified atom stereocenters. The maximum Gasteiger partial charge on any atom is 0.416 e. The summed E-state index contributed by atoms with van der Waals surface area (Å²) in [5, 5.41) is 0. The largest absolute Gasteiger partial charge is 0.416 e. The average Bonchev–Trinajstić information content (AvgIpc) is 2.46. The molecule has 3 rings (SSSR count). The first-order valence-electron chi connectivity index (χ1n) is 7.70. The van der Waals surface area contributed by atoms with Crippen molar-refractivity contribution in [2.75, 3.05) is 32.8 Å². The van der Waals surface area contributed by atoms with E-state index in [2.05, 4.69) is 4.90 Å². The van der Waals surface area contributed by atoms with Crippen molar-refractivity contribution in [3.8, 4) is 0 Å². The third kappa shape index (κ3) is 4.34. The standard InChI is InChI=1S/C17H20F3NO2/c1-12(5-13-3-2-4-14(6-13)17(18,19)20)7-21-8-15-10-22-11-16(9-21)23-15/h2-6,15-16H,7-11H2,1H3. The summed E-state index contributed by atoms with van der Waals surface area (Å²) < 4.78 is 49.5. The SMILES string of the molecule is CC(=Cc1cccc(C(F)(F)F)c1)CN1CC2COCC(C1)O2. The van der Waals surface area contributed by atoms with E-state index in [1.54, 1.807) is 6.07 Å². The van der Waals surface area contributed by atoms with E-state index in [-0.39, 0.29) is 12.2 Å². The number of nitrogens with zero attached hydrogens (tertiary/aromatic N) is 1. The summed E-state index contributed by atoms with van der Waals surface area (Å²) in [4.78, 5) is 2.28. The fraction of sp³-hybridized carbons (Fsp3) is 0.529. The Morgan fingerprint density at radius 2 is 1.96 bits per heavy atom. The molecule has 126 valence electrons. The van der Waals surface area contributed by atoms with Crippen LogP contribution in [0.15, 0.2) is 29.8 Å². The molecule has 0 spiro atoms. The summed E-state index contributed by atoms with van der Waals surface area (Å²) in [7, 11) is 0. The van der Waals surface area contributed by atoms with Crippen LogP contribution in [0.1, 0.15) is 18.1 Å². The van der Waals surface area contributed by atoms with E-state index >= 15 is 0 Å². The lowest BCUT2D eigenvalue weighted by Crippen LogP contribution is -2.54. The molecule has 23 heavy (non-hydrogen) atoms. The molecule has 0 N–H and O–H groups in total. The third-order valence-electron chi connectivity index (χ3n) is 4.02. The molecule has 1 aromatic rings. The molecule has 2 atom stereocenters. The first kappa shape index (κ1) is 16.5. The van der Waals surface area contributed by atoms with Crippen LogP contribution in [-0.2, 0) is 15.7 Å². The Morgan fingerprint density at radius 3 is 2.61 bits per heavy atom. The summed E-state index contributed by atoms with van der Waals surface area (Å²) in [5.74, 6) is 0. The Hall–Kier alpha value is -1.37. The summed E-state index contributed by atoms with van der Waals surface area (Å²) in [6.45, 7) is 5.50. The van der Waals surface area contributed by atoms with Crippen LogP contribution in [0.25, 0.3) is 6.08 Å². The Balaban J connectivity index is 1.66. The van der Waals surface area contributed by atoms with Crippen molar-refractivity contribution in [2.45, 2.75) is 25.3 Å². The molecule has 1 aromatic carbocycles. The molecule has 0 aromatic heterocycles. The van der Waals surface area contributed by atoms with Gasteiger partial charge in [0.2, 0.25) is 0 Å². The lowest BCUT2D eigenvalue weighted by atomic mass is 10.1. The number of halogens is 3. The molecule has 2 heterocycles. The van der Waals surface area contributed by atoms with Crippen LogP contribution in [0.5, 0.6) is 0 Å². The molecule has 0 saturated carbocycles. The zero-order valence-corrected chi connectivity index (χ0v) is 13.0. The molecule has 6 heteroatoms.